The summed E-state index contributed by atoms with van der Waals surface area (Å²) >= 11 is 7.40. The highest BCUT2D eigenvalue weighted by Crippen LogP contribution is 2.25. The number of hydrogen-bond acceptors (Lipinski definition) is 2. The molecule has 0 radical (unpaired) electrons. The predicted molar refractivity (Wildman–Crippen MR) is 73.3 cm³/mol. The molecule has 0 fully saturated rings. The van der Waals surface area contributed by atoms with Crippen molar-refractivity contribution >= 4 is 23.4 Å². The van der Waals surface area contributed by atoms with Crippen molar-refractivity contribution in [1.29, 1.82) is 0 Å². The summed E-state index contributed by atoms with van der Waals surface area (Å²) in [6.07, 6.45) is 0.0732. The lowest BCUT2D eigenvalue weighted by Gasteiger charge is -2.20. The van der Waals surface area contributed by atoms with Gasteiger partial charge in [-0.3, -0.25) is 0 Å². The molecule has 0 spiro atoms. The fourth-order valence-electron chi connectivity index (χ4n) is 1.34. The van der Waals surface area contributed by atoms with E-state index in [0.717, 1.165) is 5.56 Å². The fourth-order valence-corrected chi connectivity index (χ4v) is 2.36. The Balaban J connectivity index is 2.50. The van der Waals surface area contributed by atoms with Gasteiger partial charge in [0.25, 0.3) is 0 Å². The number of hydrogen-bond donors (Lipinski definition) is 1. The molecule has 1 rings (SSSR count). The van der Waals surface area contributed by atoms with Crippen LogP contribution < -0.4 is 0 Å². The second kappa shape index (κ2) is 6.07. The standard InChI is InChI=1S/C13H18ClFOS/c1-13(2,3)17-8-10(16)6-9-4-5-12(15)11(14)7-9/h4-5,7,10,16H,6,8H2,1-3H3. The highest BCUT2D eigenvalue weighted by molar-refractivity contribution is 8.00. The Kier molecular flexibility index (Phi) is 5.29. The Morgan fingerprint density at radius 2 is 2.06 bits per heavy atom. The first-order valence-electron chi connectivity index (χ1n) is 5.54. The molecule has 1 N–H and O–H groups in total. The minimum absolute atomic E-state index is 0.109. The summed E-state index contributed by atoms with van der Waals surface area (Å²) < 4.78 is 13.1. The molecule has 1 atom stereocenters. The quantitative estimate of drug-likeness (QED) is 0.900. The van der Waals surface area contributed by atoms with E-state index in [1.54, 1.807) is 23.9 Å². The monoisotopic (exact) mass is 276 g/mol. The third-order valence-corrected chi connectivity index (χ3v) is 3.87. The van der Waals surface area contributed by atoms with Gasteiger partial charge in [0.1, 0.15) is 5.82 Å². The molecule has 1 nitrogen and oxygen atoms in total. The molecule has 17 heavy (non-hydrogen) atoms. The van der Waals surface area contributed by atoms with Crippen molar-refractivity contribution in [2.24, 2.45) is 0 Å². The van der Waals surface area contributed by atoms with Crippen molar-refractivity contribution in [3.63, 3.8) is 0 Å². The molecule has 0 saturated heterocycles. The number of aliphatic hydroxyl groups excluding tert-OH is 1. The largest absolute Gasteiger partial charge is 0.392 e. The molecular weight excluding hydrogens is 259 g/mol. The van der Waals surface area contributed by atoms with Gasteiger partial charge in [0.2, 0.25) is 0 Å². The van der Waals surface area contributed by atoms with Crippen LogP contribution in [0.2, 0.25) is 5.02 Å². The van der Waals surface area contributed by atoms with Crippen LogP contribution >= 0.6 is 23.4 Å². The number of halogens is 2. The zero-order chi connectivity index (χ0) is 13.1. The molecule has 96 valence electrons. The summed E-state index contributed by atoms with van der Waals surface area (Å²) in [7, 11) is 0. The number of benzene rings is 1. The van der Waals surface area contributed by atoms with Gasteiger partial charge in [0, 0.05) is 10.5 Å². The Hall–Kier alpha value is -0.250. The van der Waals surface area contributed by atoms with E-state index in [4.69, 9.17) is 11.6 Å². The van der Waals surface area contributed by atoms with Gasteiger partial charge in [-0.25, -0.2) is 4.39 Å². The highest BCUT2D eigenvalue weighted by atomic mass is 35.5. The van der Waals surface area contributed by atoms with Crippen LogP contribution in [0.15, 0.2) is 18.2 Å². The van der Waals surface area contributed by atoms with Gasteiger partial charge in [-0.1, -0.05) is 38.4 Å². The van der Waals surface area contributed by atoms with Gasteiger partial charge < -0.3 is 5.11 Å². The maximum Gasteiger partial charge on any atom is 0.141 e. The fraction of sp³-hybridized carbons (Fsp3) is 0.538. The third kappa shape index (κ3) is 5.75. The number of aliphatic hydroxyl groups is 1. The molecule has 0 saturated carbocycles. The topological polar surface area (TPSA) is 20.2 Å². The summed E-state index contributed by atoms with van der Waals surface area (Å²) in [4.78, 5) is 0. The van der Waals surface area contributed by atoms with Crippen LogP contribution in [-0.2, 0) is 6.42 Å². The van der Waals surface area contributed by atoms with E-state index in [0.29, 0.717) is 12.2 Å². The normalized spacial score (nSPS) is 13.8. The summed E-state index contributed by atoms with van der Waals surface area (Å²) in [5.74, 6) is 0.243. The molecule has 0 bridgehead atoms. The van der Waals surface area contributed by atoms with E-state index < -0.39 is 11.9 Å². The van der Waals surface area contributed by atoms with Gasteiger partial charge >= 0.3 is 0 Å². The number of rotatable bonds is 4. The van der Waals surface area contributed by atoms with Crippen LogP contribution in [0, 0.1) is 5.82 Å². The third-order valence-electron chi connectivity index (χ3n) is 2.16. The van der Waals surface area contributed by atoms with Gasteiger partial charge in [0.05, 0.1) is 11.1 Å². The van der Waals surface area contributed by atoms with Crippen LogP contribution in [0.3, 0.4) is 0 Å². The Morgan fingerprint density at radius 3 is 2.59 bits per heavy atom. The van der Waals surface area contributed by atoms with E-state index >= 15 is 0 Å². The van der Waals surface area contributed by atoms with E-state index in [1.165, 1.54) is 6.07 Å². The first-order valence-corrected chi connectivity index (χ1v) is 6.90. The van der Waals surface area contributed by atoms with E-state index in [9.17, 15) is 9.50 Å². The lowest BCUT2D eigenvalue weighted by molar-refractivity contribution is 0.200. The molecule has 0 heterocycles. The minimum atomic E-state index is -0.430. The first kappa shape index (κ1) is 14.8. The Bertz CT molecular complexity index is 376. The Morgan fingerprint density at radius 1 is 1.41 bits per heavy atom. The summed E-state index contributed by atoms with van der Waals surface area (Å²) in [6.45, 7) is 6.33. The van der Waals surface area contributed by atoms with Crippen molar-refractivity contribution in [3.8, 4) is 0 Å². The molecule has 0 aliphatic rings. The molecular formula is C13H18ClFOS. The van der Waals surface area contributed by atoms with Crippen LogP contribution in [0.25, 0.3) is 0 Å². The number of thioether (sulfide) groups is 1. The zero-order valence-corrected chi connectivity index (χ0v) is 11.9. The Labute approximate surface area is 111 Å². The van der Waals surface area contributed by atoms with E-state index in [1.807, 2.05) is 0 Å². The molecule has 0 aliphatic carbocycles. The minimum Gasteiger partial charge on any atom is -0.392 e. The maximum atomic E-state index is 12.9. The lowest BCUT2D eigenvalue weighted by Crippen LogP contribution is -2.18. The van der Waals surface area contributed by atoms with Gasteiger partial charge in [-0.15, -0.1) is 0 Å². The molecule has 1 aromatic rings. The summed E-state index contributed by atoms with van der Waals surface area (Å²) in [6, 6.07) is 4.56. The average Bonchev–Trinajstić information content (AvgIpc) is 2.20. The highest BCUT2D eigenvalue weighted by Gasteiger charge is 2.14. The van der Waals surface area contributed by atoms with Crippen molar-refractivity contribution in [1.82, 2.24) is 0 Å². The van der Waals surface area contributed by atoms with Crippen molar-refractivity contribution in [2.45, 2.75) is 38.0 Å². The predicted octanol–water partition coefficient (Wildman–Crippen LogP) is 3.91. The summed E-state index contributed by atoms with van der Waals surface area (Å²) in [5.41, 5.74) is 0.860. The first-order chi connectivity index (χ1) is 7.78. The second-order valence-electron chi connectivity index (χ2n) is 5.03. The smallest absolute Gasteiger partial charge is 0.141 e. The molecule has 0 aromatic heterocycles. The van der Waals surface area contributed by atoms with Crippen molar-refractivity contribution in [3.05, 3.63) is 34.6 Å². The van der Waals surface area contributed by atoms with Crippen LogP contribution in [0.1, 0.15) is 26.3 Å². The maximum absolute atomic E-state index is 12.9. The van der Waals surface area contributed by atoms with Gasteiger partial charge in [-0.05, 0) is 24.1 Å². The van der Waals surface area contributed by atoms with Gasteiger partial charge in [-0.2, -0.15) is 11.8 Å². The second-order valence-corrected chi connectivity index (χ2v) is 7.28. The molecule has 0 aliphatic heterocycles. The van der Waals surface area contributed by atoms with Crippen molar-refractivity contribution in [2.75, 3.05) is 5.75 Å². The average molecular weight is 277 g/mol. The SMILES string of the molecule is CC(C)(C)SCC(O)Cc1ccc(F)c(Cl)c1. The van der Waals surface area contributed by atoms with E-state index in [2.05, 4.69) is 20.8 Å². The van der Waals surface area contributed by atoms with Crippen LogP contribution in [-0.4, -0.2) is 21.7 Å². The van der Waals surface area contributed by atoms with E-state index in [-0.39, 0.29) is 9.77 Å². The molecule has 1 unspecified atom stereocenters. The van der Waals surface area contributed by atoms with Crippen molar-refractivity contribution < 1.29 is 9.50 Å². The van der Waals surface area contributed by atoms with Crippen LogP contribution in [0.5, 0.6) is 0 Å². The van der Waals surface area contributed by atoms with Crippen LogP contribution in [0.4, 0.5) is 4.39 Å². The molecule has 1 aromatic carbocycles. The summed E-state index contributed by atoms with van der Waals surface area (Å²) in [5, 5.41) is 9.98. The molecule has 4 heteroatoms. The van der Waals surface area contributed by atoms with Gasteiger partial charge in [0.15, 0.2) is 0 Å². The lowest BCUT2D eigenvalue weighted by atomic mass is 10.1. The zero-order valence-electron chi connectivity index (χ0n) is 10.3. The molecule has 0 amide bonds.